The number of carbonyl (C=O) groups excluding carboxylic acids is 2. The number of alkyl halides is 2. The zero-order valence-electron chi connectivity index (χ0n) is 11.3. The van der Waals surface area contributed by atoms with E-state index in [2.05, 4.69) is 21.2 Å². The molecule has 0 radical (unpaired) electrons. The van der Waals surface area contributed by atoms with Crippen LogP contribution < -0.4 is 10.2 Å². The summed E-state index contributed by atoms with van der Waals surface area (Å²) in [6.45, 7) is 1.35. The van der Waals surface area contributed by atoms with Gasteiger partial charge >= 0.3 is 0 Å². The highest BCUT2D eigenvalue weighted by atomic mass is 79.9. The molecule has 0 spiro atoms. The Balaban J connectivity index is 3.18. The Hall–Kier alpha value is -1.000. The fourth-order valence-corrected chi connectivity index (χ4v) is 2.29. The zero-order valence-corrected chi connectivity index (χ0v) is 15.2. The van der Waals surface area contributed by atoms with E-state index in [0.29, 0.717) is 10.7 Å². The first-order chi connectivity index (χ1) is 10.3. The van der Waals surface area contributed by atoms with Crippen molar-refractivity contribution in [3.63, 3.8) is 0 Å². The molecule has 1 aromatic carbocycles. The molecule has 0 fully saturated rings. The fraction of sp³-hybridized carbons (Fsp3) is 0.308. The molecule has 1 N–H and O–H groups in total. The third-order valence-electron chi connectivity index (χ3n) is 2.71. The number of nitrogens with one attached hydrogen (secondary N) is 1. The maximum Gasteiger partial charge on any atom is 0.256 e. The molecule has 9 heteroatoms. The van der Waals surface area contributed by atoms with Crippen molar-refractivity contribution >= 4 is 68.2 Å². The molecule has 0 aliphatic rings. The lowest BCUT2D eigenvalue weighted by Crippen LogP contribution is -2.50. The van der Waals surface area contributed by atoms with Crippen molar-refractivity contribution in [3.8, 4) is 6.07 Å². The Morgan fingerprint density at radius 3 is 2.55 bits per heavy atom. The molecular formula is C13H11BrCl3N3O2. The number of hydrogen-bond acceptors (Lipinski definition) is 3. The molecule has 0 saturated carbocycles. The van der Waals surface area contributed by atoms with Crippen molar-refractivity contribution in [2.75, 3.05) is 11.4 Å². The lowest BCUT2D eigenvalue weighted by atomic mass is 10.2. The van der Waals surface area contributed by atoms with Gasteiger partial charge < -0.3 is 5.32 Å². The second kappa shape index (κ2) is 8.59. The number of halogens is 4. The minimum atomic E-state index is -1.02. The molecule has 0 bridgehead atoms. The predicted octanol–water partition coefficient (Wildman–Crippen LogP) is 3.31. The summed E-state index contributed by atoms with van der Waals surface area (Å²) in [6.07, 6.45) is 0. The van der Waals surface area contributed by atoms with Crippen molar-refractivity contribution in [3.05, 3.63) is 28.2 Å². The van der Waals surface area contributed by atoms with E-state index >= 15 is 0 Å². The van der Waals surface area contributed by atoms with E-state index in [0.717, 1.165) is 0 Å². The van der Waals surface area contributed by atoms with Gasteiger partial charge in [-0.3, -0.25) is 14.5 Å². The number of nitriles is 1. The molecule has 118 valence electrons. The SMILES string of the molecule is CC(C(=O)NCC#N)N(C(=O)C(Cl)Br)c1ccc(Cl)c(Cl)c1. The normalized spacial score (nSPS) is 12.9. The van der Waals surface area contributed by atoms with E-state index < -0.39 is 22.1 Å². The van der Waals surface area contributed by atoms with Gasteiger partial charge in [0.2, 0.25) is 5.91 Å². The molecule has 0 heterocycles. The monoisotopic (exact) mass is 425 g/mol. The van der Waals surface area contributed by atoms with Gasteiger partial charge in [-0.2, -0.15) is 5.26 Å². The van der Waals surface area contributed by atoms with Crippen molar-refractivity contribution < 1.29 is 9.59 Å². The predicted molar refractivity (Wildman–Crippen MR) is 90.6 cm³/mol. The van der Waals surface area contributed by atoms with Gasteiger partial charge in [-0.15, -0.1) is 0 Å². The van der Waals surface area contributed by atoms with Gasteiger partial charge in [0.1, 0.15) is 12.6 Å². The molecular weight excluding hydrogens is 416 g/mol. The Labute approximate surface area is 151 Å². The van der Waals surface area contributed by atoms with Crippen molar-refractivity contribution in [2.45, 2.75) is 17.3 Å². The van der Waals surface area contributed by atoms with Gasteiger partial charge in [-0.1, -0.05) is 50.7 Å². The largest absolute Gasteiger partial charge is 0.341 e. The highest BCUT2D eigenvalue weighted by Gasteiger charge is 2.30. The van der Waals surface area contributed by atoms with Crippen molar-refractivity contribution in [1.29, 1.82) is 5.26 Å². The minimum Gasteiger partial charge on any atom is -0.341 e. The van der Waals surface area contributed by atoms with Gasteiger partial charge in [0.15, 0.2) is 4.29 Å². The summed E-state index contributed by atoms with van der Waals surface area (Å²) in [5.41, 5.74) is 0.365. The number of rotatable bonds is 5. The lowest BCUT2D eigenvalue weighted by Gasteiger charge is -2.29. The zero-order chi connectivity index (χ0) is 16.9. The summed E-state index contributed by atoms with van der Waals surface area (Å²) >= 11 is 20.6. The van der Waals surface area contributed by atoms with Crippen LogP contribution in [0, 0.1) is 11.3 Å². The molecule has 1 aromatic rings. The summed E-state index contributed by atoms with van der Waals surface area (Å²) < 4.78 is -1.02. The fourth-order valence-electron chi connectivity index (χ4n) is 1.67. The molecule has 2 amide bonds. The maximum absolute atomic E-state index is 12.3. The topological polar surface area (TPSA) is 73.2 Å². The van der Waals surface area contributed by atoms with Crippen LogP contribution in [0.25, 0.3) is 0 Å². The molecule has 0 aliphatic carbocycles. The average molecular weight is 428 g/mol. The molecule has 22 heavy (non-hydrogen) atoms. The molecule has 1 rings (SSSR count). The van der Waals surface area contributed by atoms with Crippen molar-refractivity contribution in [2.24, 2.45) is 0 Å². The van der Waals surface area contributed by atoms with E-state index in [4.69, 9.17) is 40.1 Å². The van der Waals surface area contributed by atoms with Crippen molar-refractivity contribution in [1.82, 2.24) is 5.32 Å². The first-order valence-electron chi connectivity index (χ1n) is 6.00. The van der Waals surface area contributed by atoms with Crippen LogP contribution in [-0.4, -0.2) is 28.7 Å². The number of hydrogen-bond donors (Lipinski definition) is 1. The van der Waals surface area contributed by atoms with Crippen LogP contribution in [0.1, 0.15) is 6.92 Å². The second-order valence-corrected chi connectivity index (χ2v) is 6.85. The summed E-state index contributed by atoms with van der Waals surface area (Å²) in [7, 11) is 0. The summed E-state index contributed by atoms with van der Waals surface area (Å²) in [4.78, 5) is 25.5. The third kappa shape index (κ3) is 4.75. The summed E-state index contributed by atoms with van der Waals surface area (Å²) in [6, 6.07) is 5.42. The summed E-state index contributed by atoms with van der Waals surface area (Å²) in [5, 5.41) is 11.5. The highest BCUT2D eigenvalue weighted by molar-refractivity contribution is 9.10. The number of anilines is 1. The quantitative estimate of drug-likeness (QED) is 0.579. The van der Waals surface area contributed by atoms with Gasteiger partial charge in [-0.05, 0) is 25.1 Å². The van der Waals surface area contributed by atoms with Gasteiger partial charge in [0.25, 0.3) is 5.91 Å². The second-order valence-electron chi connectivity index (χ2n) is 4.16. The first kappa shape index (κ1) is 19.0. The van der Waals surface area contributed by atoms with Crippen LogP contribution in [0.2, 0.25) is 10.0 Å². The molecule has 5 nitrogen and oxygen atoms in total. The van der Waals surface area contributed by atoms with Crippen LogP contribution in [0.15, 0.2) is 18.2 Å². The van der Waals surface area contributed by atoms with Crippen LogP contribution in [0.5, 0.6) is 0 Å². The van der Waals surface area contributed by atoms with Gasteiger partial charge in [0, 0.05) is 5.69 Å². The molecule has 0 aromatic heterocycles. The third-order valence-corrected chi connectivity index (χ3v) is 4.03. The van der Waals surface area contributed by atoms with E-state index in [-0.39, 0.29) is 11.6 Å². The van der Waals surface area contributed by atoms with E-state index in [1.165, 1.54) is 24.0 Å². The van der Waals surface area contributed by atoms with Gasteiger partial charge in [0.05, 0.1) is 16.1 Å². The molecule has 0 saturated heterocycles. The Morgan fingerprint density at radius 1 is 1.41 bits per heavy atom. The van der Waals surface area contributed by atoms with E-state index in [9.17, 15) is 9.59 Å². The lowest BCUT2D eigenvalue weighted by molar-refractivity contribution is -0.125. The Kier molecular flexibility index (Phi) is 7.43. The van der Waals surface area contributed by atoms with E-state index in [1.54, 1.807) is 12.1 Å². The van der Waals surface area contributed by atoms with Crippen LogP contribution in [-0.2, 0) is 9.59 Å². The molecule has 2 unspecified atom stereocenters. The smallest absolute Gasteiger partial charge is 0.256 e. The maximum atomic E-state index is 12.3. The summed E-state index contributed by atoms with van der Waals surface area (Å²) in [5.74, 6) is -1.04. The van der Waals surface area contributed by atoms with Crippen LogP contribution in [0.3, 0.4) is 0 Å². The molecule has 2 atom stereocenters. The number of carbonyl (C=O) groups is 2. The highest BCUT2D eigenvalue weighted by Crippen LogP contribution is 2.29. The number of nitrogens with zero attached hydrogens (tertiary/aromatic N) is 2. The van der Waals surface area contributed by atoms with Gasteiger partial charge in [-0.25, -0.2) is 0 Å². The standard InChI is InChI=1S/C13H11BrCl3N3O2/c1-7(12(21)19-5-4-18)20(13(22)11(14)17)8-2-3-9(15)10(16)6-8/h2-3,6-7,11H,5H2,1H3,(H,19,21). The Bertz CT molecular complexity index is 619. The number of amides is 2. The molecule has 0 aliphatic heterocycles. The minimum absolute atomic E-state index is 0.162. The van der Waals surface area contributed by atoms with E-state index in [1.807, 2.05) is 0 Å². The van der Waals surface area contributed by atoms with Crippen LogP contribution >= 0.6 is 50.7 Å². The first-order valence-corrected chi connectivity index (χ1v) is 8.11. The number of benzene rings is 1. The Morgan fingerprint density at radius 2 is 2.05 bits per heavy atom. The average Bonchev–Trinajstić information content (AvgIpc) is 2.48. The van der Waals surface area contributed by atoms with Crippen LogP contribution in [0.4, 0.5) is 5.69 Å².